The fraction of sp³-hybridized carbons (Fsp3) is 0.310. The SMILES string of the molecule is O=C(NCCc1c[nH]c2ccccc12)C1C2C=CC3(CN(CCc4c[nH]c5ccccc45)C(=O)C13)O2. The minimum absolute atomic E-state index is 0.0264. The molecule has 3 N–H and O–H groups in total. The summed E-state index contributed by atoms with van der Waals surface area (Å²) in [7, 11) is 0. The number of ether oxygens (including phenoxy) is 1. The Labute approximate surface area is 208 Å². The first-order valence-corrected chi connectivity index (χ1v) is 12.7. The molecule has 36 heavy (non-hydrogen) atoms. The molecule has 7 nitrogen and oxygen atoms in total. The molecule has 2 saturated heterocycles. The number of aromatic amines is 2. The Kier molecular flexibility index (Phi) is 4.82. The lowest BCUT2D eigenvalue weighted by atomic mass is 9.77. The Bertz CT molecular complexity index is 1520. The summed E-state index contributed by atoms with van der Waals surface area (Å²) in [5.74, 6) is -1.01. The van der Waals surface area contributed by atoms with Crippen molar-refractivity contribution in [2.75, 3.05) is 19.6 Å². The van der Waals surface area contributed by atoms with Crippen LogP contribution in [-0.4, -0.2) is 58.0 Å². The quantitative estimate of drug-likeness (QED) is 0.355. The van der Waals surface area contributed by atoms with Crippen LogP contribution < -0.4 is 5.32 Å². The van der Waals surface area contributed by atoms with E-state index in [4.69, 9.17) is 4.74 Å². The monoisotopic (exact) mass is 480 g/mol. The van der Waals surface area contributed by atoms with Crippen molar-refractivity contribution in [1.82, 2.24) is 20.2 Å². The highest BCUT2D eigenvalue weighted by molar-refractivity contribution is 5.93. The van der Waals surface area contributed by atoms with Crippen LogP contribution in [-0.2, 0) is 27.2 Å². The molecule has 7 rings (SSSR count). The van der Waals surface area contributed by atoms with Gasteiger partial charge >= 0.3 is 0 Å². The largest absolute Gasteiger partial charge is 0.361 e. The Balaban J connectivity index is 1.03. The lowest BCUT2D eigenvalue weighted by Crippen LogP contribution is -2.44. The van der Waals surface area contributed by atoms with Crippen LogP contribution in [0.4, 0.5) is 0 Å². The highest BCUT2D eigenvalue weighted by Crippen LogP contribution is 2.51. The molecule has 2 fully saturated rings. The van der Waals surface area contributed by atoms with E-state index in [1.54, 1.807) is 0 Å². The first-order chi connectivity index (χ1) is 17.6. The molecule has 4 unspecified atom stereocenters. The van der Waals surface area contributed by atoms with E-state index in [9.17, 15) is 9.59 Å². The predicted octanol–water partition coefficient (Wildman–Crippen LogP) is 3.33. The second-order valence-electron chi connectivity index (χ2n) is 10.2. The summed E-state index contributed by atoms with van der Waals surface area (Å²) in [6.45, 7) is 1.63. The van der Waals surface area contributed by atoms with Crippen LogP contribution in [0.5, 0.6) is 0 Å². The zero-order chi connectivity index (χ0) is 24.3. The van der Waals surface area contributed by atoms with Crippen molar-refractivity contribution in [2.45, 2.75) is 24.5 Å². The molecule has 3 aliphatic rings. The number of likely N-dealkylation sites (tertiary alicyclic amines) is 1. The van der Waals surface area contributed by atoms with Crippen LogP contribution in [0.1, 0.15) is 11.1 Å². The van der Waals surface area contributed by atoms with Crippen LogP contribution >= 0.6 is 0 Å². The normalized spacial score (nSPS) is 26.4. The van der Waals surface area contributed by atoms with Crippen LogP contribution in [0, 0.1) is 11.8 Å². The van der Waals surface area contributed by atoms with Gasteiger partial charge in [-0.25, -0.2) is 0 Å². The topological polar surface area (TPSA) is 90.2 Å². The fourth-order valence-electron chi connectivity index (χ4n) is 6.44. The van der Waals surface area contributed by atoms with Gasteiger partial charge in [-0.15, -0.1) is 0 Å². The highest BCUT2D eigenvalue weighted by atomic mass is 16.5. The van der Waals surface area contributed by atoms with Gasteiger partial charge in [-0.2, -0.15) is 0 Å². The molecule has 4 aromatic rings. The van der Waals surface area contributed by atoms with E-state index in [0.29, 0.717) is 19.6 Å². The Morgan fingerprint density at radius 1 is 1.00 bits per heavy atom. The number of hydrogen-bond acceptors (Lipinski definition) is 3. The molecule has 0 saturated carbocycles. The van der Waals surface area contributed by atoms with Crippen LogP contribution in [0.15, 0.2) is 73.1 Å². The van der Waals surface area contributed by atoms with Gasteiger partial charge in [-0.3, -0.25) is 9.59 Å². The van der Waals surface area contributed by atoms with Crippen molar-refractivity contribution in [3.63, 3.8) is 0 Å². The van der Waals surface area contributed by atoms with Gasteiger partial charge in [-0.1, -0.05) is 48.6 Å². The zero-order valence-electron chi connectivity index (χ0n) is 19.9. The Morgan fingerprint density at radius 2 is 1.67 bits per heavy atom. The van der Waals surface area contributed by atoms with Gasteiger partial charge in [0, 0.05) is 47.3 Å². The number of carbonyl (C=O) groups is 2. The van der Waals surface area contributed by atoms with Crippen LogP contribution in [0.2, 0.25) is 0 Å². The molecule has 5 heterocycles. The number of nitrogens with zero attached hydrogens (tertiary/aromatic N) is 1. The number of fused-ring (bicyclic) bond motifs is 3. The third-order valence-electron chi connectivity index (χ3n) is 8.18. The van der Waals surface area contributed by atoms with Gasteiger partial charge in [-0.05, 0) is 36.1 Å². The molecule has 2 bridgehead atoms. The van der Waals surface area contributed by atoms with E-state index in [1.807, 2.05) is 59.8 Å². The smallest absolute Gasteiger partial charge is 0.230 e. The van der Waals surface area contributed by atoms with Gasteiger partial charge in [0.25, 0.3) is 0 Å². The summed E-state index contributed by atoms with van der Waals surface area (Å²) in [6.07, 6.45) is 9.16. The minimum atomic E-state index is -0.680. The Hall–Kier alpha value is -3.84. The molecule has 0 radical (unpaired) electrons. The van der Waals surface area contributed by atoms with Crippen molar-refractivity contribution in [3.05, 3.63) is 84.2 Å². The lowest BCUT2D eigenvalue weighted by Gasteiger charge is -2.23. The fourth-order valence-corrected chi connectivity index (χ4v) is 6.44. The van der Waals surface area contributed by atoms with E-state index in [-0.39, 0.29) is 17.9 Å². The predicted molar refractivity (Wildman–Crippen MR) is 137 cm³/mol. The van der Waals surface area contributed by atoms with Crippen molar-refractivity contribution in [1.29, 1.82) is 0 Å². The summed E-state index contributed by atoms with van der Waals surface area (Å²) in [4.78, 5) is 35.3. The van der Waals surface area contributed by atoms with E-state index in [1.165, 1.54) is 21.9 Å². The van der Waals surface area contributed by atoms with Crippen molar-refractivity contribution in [3.8, 4) is 0 Å². The number of H-pyrrole nitrogens is 2. The summed E-state index contributed by atoms with van der Waals surface area (Å²) >= 11 is 0. The molecule has 2 aromatic carbocycles. The number of carbonyl (C=O) groups excluding carboxylic acids is 2. The maximum atomic E-state index is 13.5. The van der Waals surface area contributed by atoms with Crippen LogP contribution in [0.25, 0.3) is 21.8 Å². The number of para-hydroxylation sites is 2. The molecule has 0 aliphatic carbocycles. The number of hydrogen-bond donors (Lipinski definition) is 3. The second kappa shape index (κ2) is 8.10. The standard InChI is InChI=1S/C29H28N4O3/c34-27(30-13-10-18-15-31-22-7-3-1-5-20(18)22)25-24-9-12-29(36-24)17-33(28(35)26(25)29)14-11-19-16-32-23-8-4-2-6-21(19)23/h1-9,12,15-16,24-26,31-32H,10-11,13-14,17H2,(H,30,34). The maximum Gasteiger partial charge on any atom is 0.230 e. The van der Waals surface area contributed by atoms with Gasteiger partial charge in [0.05, 0.1) is 24.5 Å². The molecule has 2 aromatic heterocycles. The van der Waals surface area contributed by atoms with Gasteiger partial charge in [0.2, 0.25) is 11.8 Å². The number of nitrogens with one attached hydrogen (secondary N) is 3. The van der Waals surface area contributed by atoms with E-state index >= 15 is 0 Å². The highest BCUT2D eigenvalue weighted by Gasteiger charge is 2.66. The molecular formula is C29H28N4O3. The average molecular weight is 481 g/mol. The summed E-state index contributed by atoms with van der Waals surface area (Å²) < 4.78 is 6.29. The van der Waals surface area contributed by atoms with Crippen molar-refractivity contribution in [2.24, 2.45) is 11.8 Å². The number of rotatable bonds is 7. The molecule has 4 atom stereocenters. The number of benzene rings is 2. The first kappa shape index (κ1) is 21.4. The molecule has 1 spiro atoms. The van der Waals surface area contributed by atoms with E-state index in [2.05, 4.69) is 33.5 Å². The van der Waals surface area contributed by atoms with Crippen LogP contribution in [0.3, 0.4) is 0 Å². The second-order valence-corrected chi connectivity index (χ2v) is 10.2. The van der Waals surface area contributed by atoms with Gasteiger partial charge < -0.3 is 24.9 Å². The molecule has 7 heteroatoms. The third-order valence-corrected chi connectivity index (χ3v) is 8.18. The zero-order valence-corrected chi connectivity index (χ0v) is 19.9. The van der Waals surface area contributed by atoms with E-state index in [0.717, 1.165) is 23.9 Å². The van der Waals surface area contributed by atoms with Crippen molar-refractivity contribution < 1.29 is 14.3 Å². The minimum Gasteiger partial charge on any atom is -0.361 e. The summed E-state index contributed by atoms with van der Waals surface area (Å²) in [6, 6.07) is 16.4. The Morgan fingerprint density at radius 3 is 2.39 bits per heavy atom. The first-order valence-electron chi connectivity index (χ1n) is 12.7. The maximum absolute atomic E-state index is 13.5. The van der Waals surface area contributed by atoms with Gasteiger partial charge in [0.1, 0.15) is 5.60 Å². The number of aromatic nitrogens is 2. The number of amides is 2. The van der Waals surface area contributed by atoms with Crippen molar-refractivity contribution >= 4 is 33.6 Å². The average Bonchev–Trinajstić information content (AvgIpc) is 3.70. The van der Waals surface area contributed by atoms with E-state index < -0.39 is 17.4 Å². The lowest BCUT2D eigenvalue weighted by molar-refractivity contribution is -0.137. The molecule has 2 amide bonds. The third kappa shape index (κ3) is 3.23. The molecule has 182 valence electrons. The summed E-state index contributed by atoms with van der Waals surface area (Å²) in [5, 5.41) is 5.45. The summed E-state index contributed by atoms with van der Waals surface area (Å²) in [5.41, 5.74) is 3.88. The molecular weight excluding hydrogens is 452 g/mol. The van der Waals surface area contributed by atoms with Gasteiger partial charge in [0.15, 0.2) is 0 Å². The molecule has 3 aliphatic heterocycles.